The summed E-state index contributed by atoms with van der Waals surface area (Å²) in [6, 6.07) is 8.14. The van der Waals surface area contributed by atoms with Crippen molar-refractivity contribution in [1.82, 2.24) is 9.88 Å². The van der Waals surface area contributed by atoms with Crippen LogP contribution in [0.2, 0.25) is 0 Å². The van der Waals surface area contributed by atoms with Gasteiger partial charge in [0, 0.05) is 15.8 Å². The zero-order chi connectivity index (χ0) is 16.2. The fourth-order valence-corrected chi connectivity index (χ4v) is 4.15. The van der Waals surface area contributed by atoms with Gasteiger partial charge in [-0.15, -0.1) is 34.9 Å². The van der Waals surface area contributed by atoms with E-state index in [1.165, 1.54) is 28.0 Å². The molecule has 3 rings (SSSR count). The van der Waals surface area contributed by atoms with E-state index >= 15 is 0 Å². The van der Waals surface area contributed by atoms with Crippen LogP contribution in [0, 0.1) is 0 Å². The predicted molar refractivity (Wildman–Crippen MR) is 97.0 cm³/mol. The smallest absolute Gasteiger partial charge is 0.245 e. The monoisotopic (exact) mass is 365 g/mol. The number of benzene rings is 1. The molecule has 0 atom stereocenters. The molecule has 1 aliphatic heterocycles. The maximum Gasteiger partial charge on any atom is 0.245 e. The molecule has 0 aliphatic carbocycles. The van der Waals surface area contributed by atoms with Gasteiger partial charge in [-0.2, -0.15) is 0 Å². The molecule has 0 saturated carbocycles. The van der Waals surface area contributed by atoms with Crippen LogP contribution < -0.4 is 5.32 Å². The van der Waals surface area contributed by atoms with Crippen LogP contribution in [0.5, 0.6) is 0 Å². The van der Waals surface area contributed by atoms with Gasteiger partial charge in [0.05, 0.1) is 17.3 Å². The second-order valence-electron chi connectivity index (χ2n) is 4.88. The molecular formula is C15H15N3O2S3. The molecular weight excluding hydrogens is 350 g/mol. The lowest BCUT2D eigenvalue weighted by Crippen LogP contribution is -2.34. The number of nitrogens with one attached hydrogen (secondary N) is 1. The minimum Gasteiger partial charge on any atom is -0.323 e. The molecule has 0 radical (unpaired) electrons. The highest BCUT2D eigenvalue weighted by Gasteiger charge is 2.23. The number of carbonyl (C=O) groups is 2. The quantitative estimate of drug-likeness (QED) is 0.826. The van der Waals surface area contributed by atoms with E-state index in [1.807, 2.05) is 35.9 Å². The third-order valence-corrected chi connectivity index (χ3v) is 5.74. The number of carbonyl (C=O) groups excluding carboxylic acids is 2. The van der Waals surface area contributed by atoms with Gasteiger partial charge in [-0.3, -0.25) is 9.59 Å². The topological polar surface area (TPSA) is 62.3 Å². The van der Waals surface area contributed by atoms with E-state index in [9.17, 15) is 9.59 Å². The lowest BCUT2D eigenvalue weighted by Gasteiger charge is -2.13. The fraction of sp³-hybridized carbons (Fsp3) is 0.267. The molecule has 1 aromatic carbocycles. The standard InChI is InChI=1S/C15H15N3O2S3/c1-21-11-4-2-10(3-5-11)12-7-23-15(16-12)17-13(19)6-18-9-22-8-14(18)20/h2-5,7H,6,8-9H2,1H3,(H,16,17,19). The average Bonchev–Trinajstić information content (AvgIpc) is 3.17. The molecule has 2 amide bonds. The Morgan fingerprint density at radius 3 is 2.83 bits per heavy atom. The molecule has 1 fully saturated rings. The van der Waals surface area contributed by atoms with E-state index in [4.69, 9.17) is 0 Å². The molecule has 0 bridgehead atoms. The summed E-state index contributed by atoms with van der Waals surface area (Å²) in [7, 11) is 0. The van der Waals surface area contributed by atoms with E-state index in [-0.39, 0.29) is 18.4 Å². The largest absolute Gasteiger partial charge is 0.323 e. The summed E-state index contributed by atoms with van der Waals surface area (Å²) in [6.07, 6.45) is 2.04. The van der Waals surface area contributed by atoms with Crippen LogP contribution in [0.1, 0.15) is 0 Å². The first-order chi connectivity index (χ1) is 11.2. The summed E-state index contributed by atoms with van der Waals surface area (Å²) in [6.45, 7) is 0.0865. The summed E-state index contributed by atoms with van der Waals surface area (Å²) < 4.78 is 0. The van der Waals surface area contributed by atoms with Crippen LogP contribution in [0.25, 0.3) is 11.3 Å². The maximum absolute atomic E-state index is 12.0. The normalized spacial score (nSPS) is 14.3. The number of hydrogen-bond acceptors (Lipinski definition) is 6. The van der Waals surface area contributed by atoms with E-state index in [0.717, 1.165) is 11.3 Å². The lowest BCUT2D eigenvalue weighted by molar-refractivity contribution is -0.130. The number of rotatable bonds is 5. The van der Waals surface area contributed by atoms with Gasteiger partial charge < -0.3 is 10.2 Å². The van der Waals surface area contributed by atoms with Crippen LogP contribution in [0.3, 0.4) is 0 Å². The van der Waals surface area contributed by atoms with Gasteiger partial charge in [0.1, 0.15) is 6.54 Å². The summed E-state index contributed by atoms with van der Waals surface area (Å²) >= 11 is 4.60. The van der Waals surface area contributed by atoms with Crippen LogP contribution >= 0.6 is 34.9 Å². The van der Waals surface area contributed by atoms with Gasteiger partial charge in [-0.05, 0) is 18.4 Å². The second kappa shape index (κ2) is 7.37. The maximum atomic E-state index is 12.0. The van der Waals surface area contributed by atoms with Crippen LogP contribution in [-0.4, -0.2) is 46.1 Å². The zero-order valence-electron chi connectivity index (χ0n) is 12.4. The first-order valence-electron chi connectivity index (χ1n) is 6.91. The highest BCUT2D eigenvalue weighted by Crippen LogP contribution is 2.26. The van der Waals surface area contributed by atoms with Gasteiger partial charge in [-0.25, -0.2) is 4.98 Å². The third-order valence-electron chi connectivity index (χ3n) is 3.30. The average molecular weight is 366 g/mol. The van der Waals surface area contributed by atoms with Crippen molar-refractivity contribution in [2.24, 2.45) is 0 Å². The van der Waals surface area contributed by atoms with Crippen molar-refractivity contribution in [1.29, 1.82) is 0 Å². The summed E-state index contributed by atoms with van der Waals surface area (Å²) in [4.78, 5) is 30.7. The Morgan fingerprint density at radius 1 is 1.39 bits per heavy atom. The Hall–Kier alpha value is -1.51. The lowest BCUT2D eigenvalue weighted by atomic mass is 10.2. The van der Waals surface area contributed by atoms with Crippen LogP contribution in [0.4, 0.5) is 5.13 Å². The van der Waals surface area contributed by atoms with E-state index in [0.29, 0.717) is 16.8 Å². The van der Waals surface area contributed by atoms with Crippen molar-refractivity contribution in [2.45, 2.75) is 4.90 Å². The summed E-state index contributed by atoms with van der Waals surface area (Å²) in [5.74, 6) is 0.844. The van der Waals surface area contributed by atoms with Crippen molar-refractivity contribution in [3.8, 4) is 11.3 Å². The molecule has 2 heterocycles. The second-order valence-corrected chi connectivity index (χ2v) is 7.58. The first kappa shape index (κ1) is 16.4. The Bertz CT molecular complexity index is 715. The number of amides is 2. The van der Waals surface area contributed by atoms with E-state index in [1.54, 1.807) is 16.7 Å². The molecule has 2 aromatic rings. The Balaban J connectivity index is 1.62. The molecule has 23 heavy (non-hydrogen) atoms. The van der Waals surface area contributed by atoms with Crippen molar-refractivity contribution in [3.05, 3.63) is 29.6 Å². The van der Waals surface area contributed by atoms with Gasteiger partial charge in [0.2, 0.25) is 11.8 Å². The minimum absolute atomic E-state index is 0.0128. The molecule has 0 spiro atoms. The Morgan fingerprint density at radius 2 is 2.17 bits per heavy atom. The van der Waals surface area contributed by atoms with Crippen molar-refractivity contribution in [3.63, 3.8) is 0 Å². The molecule has 1 aromatic heterocycles. The SMILES string of the molecule is CSc1ccc(-c2csc(NC(=O)CN3CSCC3=O)n2)cc1. The van der Waals surface area contributed by atoms with Crippen molar-refractivity contribution < 1.29 is 9.59 Å². The Kier molecular flexibility index (Phi) is 5.24. The van der Waals surface area contributed by atoms with Crippen molar-refractivity contribution in [2.75, 3.05) is 29.7 Å². The fourth-order valence-electron chi connectivity index (χ4n) is 2.10. The number of nitrogens with zero attached hydrogens (tertiary/aromatic N) is 2. The minimum atomic E-state index is -0.209. The van der Waals surface area contributed by atoms with Gasteiger partial charge in [0.25, 0.3) is 0 Å². The number of thioether (sulfide) groups is 2. The van der Waals surface area contributed by atoms with Crippen LogP contribution in [-0.2, 0) is 9.59 Å². The van der Waals surface area contributed by atoms with E-state index in [2.05, 4.69) is 10.3 Å². The van der Waals surface area contributed by atoms with Gasteiger partial charge in [0.15, 0.2) is 5.13 Å². The highest BCUT2D eigenvalue weighted by atomic mass is 32.2. The number of aromatic nitrogens is 1. The molecule has 5 nitrogen and oxygen atoms in total. The zero-order valence-corrected chi connectivity index (χ0v) is 14.9. The summed E-state index contributed by atoms with van der Waals surface area (Å²) in [5.41, 5.74) is 1.86. The predicted octanol–water partition coefficient (Wildman–Crippen LogP) is 3.00. The van der Waals surface area contributed by atoms with E-state index < -0.39 is 0 Å². The van der Waals surface area contributed by atoms with Gasteiger partial charge in [-0.1, -0.05) is 12.1 Å². The number of hydrogen-bond donors (Lipinski definition) is 1. The molecule has 120 valence electrons. The molecule has 0 unspecified atom stereocenters. The van der Waals surface area contributed by atoms with Gasteiger partial charge >= 0.3 is 0 Å². The first-order valence-corrected chi connectivity index (χ1v) is 10.2. The summed E-state index contributed by atoms with van der Waals surface area (Å²) in [5, 5.41) is 5.23. The highest BCUT2D eigenvalue weighted by molar-refractivity contribution is 8.00. The number of thiazole rings is 1. The third kappa shape index (κ3) is 4.07. The Labute approximate surface area is 146 Å². The molecule has 1 saturated heterocycles. The molecule has 8 heteroatoms. The molecule has 1 N–H and O–H groups in total. The van der Waals surface area contributed by atoms with Crippen molar-refractivity contribution >= 4 is 51.8 Å². The molecule has 1 aliphatic rings. The van der Waals surface area contributed by atoms with Crippen LogP contribution in [0.15, 0.2) is 34.5 Å². The number of anilines is 1.